The molecule has 0 N–H and O–H groups in total. The molecule has 0 aromatic heterocycles. The van der Waals surface area contributed by atoms with Gasteiger partial charge in [0.25, 0.3) is 0 Å². The topological polar surface area (TPSA) is 20.6 Å². The third-order valence-electron chi connectivity index (χ3n) is 3.46. The number of nitrogens with zero attached hydrogens (tertiary/aromatic N) is 3. The van der Waals surface area contributed by atoms with Gasteiger partial charge in [0.05, 0.1) is 0 Å². The van der Waals surface area contributed by atoms with Gasteiger partial charge >= 0.3 is 0 Å². The summed E-state index contributed by atoms with van der Waals surface area (Å²) in [5.41, 5.74) is 0. The molecular weight excluding hydrogens is 174 g/mol. The minimum absolute atomic E-state index is 0.759. The summed E-state index contributed by atoms with van der Waals surface area (Å²) in [6, 6.07) is 0.759. The van der Waals surface area contributed by atoms with Crippen molar-refractivity contribution in [3.63, 3.8) is 0 Å². The molecular formula is C11H22N3. The maximum Gasteiger partial charge on any atom is 0.0289 e. The number of likely N-dealkylation sites (N-methyl/N-ethyl adjacent to an activating group) is 1. The quantitative estimate of drug-likeness (QED) is 0.605. The third kappa shape index (κ3) is 2.69. The van der Waals surface area contributed by atoms with Gasteiger partial charge < -0.3 is 4.90 Å². The van der Waals surface area contributed by atoms with Gasteiger partial charge in [-0.15, -0.1) is 0 Å². The molecule has 2 rings (SSSR count). The van der Waals surface area contributed by atoms with E-state index in [9.17, 15) is 0 Å². The van der Waals surface area contributed by atoms with Crippen molar-refractivity contribution in [1.82, 2.24) is 15.1 Å². The van der Waals surface area contributed by atoms with Gasteiger partial charge in [0.1, 0.15) is 0 Å². The van der Waals surface area contributed by atoms with Crippen molar-refractivity contribution in [2.24, 2.45) is 0 Å². The molecule has 0 aliphatic carbocycles. The third-order valence-corrected chi connectivity index (χ3v) is 3.46. The summed E-state index contributed by atoms with van der Waals surface area (Å²) in [5, 5.41) is 4.53. The Labute approximate surface area is 87.4 Å². The Morgan fingerprint density at radius 1 is 1.07 bits per heavy atom. The summed E-state index contributed by atoms with van der Waals surface area (Å²) in [4.78, 5) is 5.10. The fourth-order valence-electron chi connectivity index (χ4n) is 2.50. The van der Waals surface area contributed by atoms with Crippen LogP contribution in [0.2, 0.25) is 0 Å². The van der Waals surface area contributed by atoms with Gasteiger partial charge in [0.2, 0.25) is 0 Å². The SMILES string of the molecule is CN1CCCN(C2CCC[N]C2)CC1. The Morgan fingerprint density at radius 3 is 2.79 bits per heavy atom. The molecule has 1 unspecified atom stereocenters. The van der Waals surface area contributed by atoms with E-state index < -0.39 is 0 Å². The second kappa shape index (κ2) is 5.10. The summed E-state index contributed by atoms with van der Waals surface area (Å²) >= 11 is 0. The summed E-state index contributed by atoms with van der Waals surface area (Å²) in [7, 11) is 2.23. The van der Waals surface area contributed by atoms with Crippen LogP contribution >= 0.6 is 0 Å². The van der Waals surface area contributed by atoms with E-state index >= 15 is 0 Å². The van der Waals surface area contributed by atoms with E-state index in [-0.39, 0.29) is 0 Å². The minimum atomic E-state index is 0.759. The molecule has 2 heterocycles. The number of rotatable bonds is 1. The van der Waals surface area contributed by atoms with Crippen molar-refractivity contribution in [3.05, 3.63) is 0 Å². The summed E-state index contributed by atoms with van der Waals surface area (Å²) < 4.78 is 0. The van der Waals surface area contributed by atoms with Gasteiger partial charge in [-0.2, -0.15) is 0 Å². The van der Waals surface area contributed by atoms with Gasteiger partial charge in [0, 0.05) is 32.2 Å². The molecule has 0 spiro atoms. The zero-order chi connectivity index (χ0) is 9.80. The average Bonchev–Trinajstić information content (AvgIpc) is 2.44. The molecule has 81 valence electrons. The summed E-state index contributed by atoms with van der Waals surface area (Å²) in [6.45, 7) is 7.21. The second-order valence-electron chi connectivity index (χ2n) is 4.62. The number of piperidine rings is 1. The lowest BCUT2D eigenvalue weighted by Crippen LogP contribution is -2.45. The Kier molecular flexibility index (Phi) is 3.79. The number of hydrogen-bond acceptors (Lipinski definition) is 2. The van der Waals surface area contributed by atoms with E-state index in [1.54, 1.807) is 0 Å². The molecule has 14 heavy (non-hydrogen) atoms. The summed E-state index contributed by atoms with van der Waals surface area (Å²) in [5.74, 6) is 0. The van der Waals surface area contributed by atoms with Gasteiger partial charge in [-0.05, 0) is 39.4 Å². The molecule has 2 aliphatic rings. The van der Waals surface area contributed by atoms with E-state index in [0.29, 0.717) is 0 Å². The van der Waals surface area contributed by atoms with Crippen molar-refractivity contribution in [1.29, 1.82) is 0 Å². The predicted molar refractivity (Wildman–Crippen MR) is 58.6 cm³/mol. The molecule has 0 aromatic rings. The minimum Gasteiger partial charge on any atom is -0.305 e. The Morgan fingerprint density at radius 2 is 2.00 bits per heavy atom. The van der Waals surface area contributed by atoms with Crippen LogP contribution < -0.4 is 5.32 Å². The van der Waals surface area contributed by atoms with Crippen LogP contribution in [-0.4, -0.2) is 62.2 Å². The van der Waals surface area contributed by atoms with Crippen LogP contribution in [0.25, 0.3) is 0 Å². The highest BCUT2D eigenvalue weighted by atomic mass is 15.2. The van der Waals surface area contributed by atoms with Crippen molar-refractivity contribution in [3.8, 4) is 0 Å². The smallest absolute Gasteiger partial charge is 0.0289 e. The van der Waals surface area contributed by atoms with E-state index in [2.05, 4.69) is 22.2 Å². The van der Waals surface area contributed by atoms with Gasteiger partial charge in [-0.3, -0.25) is 4.90 Å². The average molecular weight is 196 g/mol. The van der Waals surface area contributed by atoms with Crippen LogP contribution in [0, 0.1) is 0 Å². The van der Waals surface area contributed by atoms with Crippen LogP contribution in [0.5, 0.6) is 0 Å². The molecule has 2 saturated heterocycles. The first-order valence-electron chi connectivity index (χ1n) is 5.92. The van der Waals surface area contributed by atoms with Crippen LogP contribution in [0.15, 0.2) is 0 Å². The number of hydrogen-bond donors (Lipinski definition) is 0. The van der Waals surface area contributed by atoms with Gasteiger partial charge in [-0.1, -0.05) is 0 Å². The van der Waals surface area contributed by atoms with Crippen LogP contribution in [-0.2, 0) is 0 Å². The summed E-state index contributed by atoms with van der Waals surface area (Å²) in [6.07, 6.45) is 4.00. The molecule has 0 aromatic carbocycles. The molecule has 0 bridgehead atoms. The van der Waals surface area contributed by atoms with Crippen molar-refractivity contribution < 1.29 is 0 Å². The molecule has 3 nitrogen and oxygen atoms in total. The van der Waals surface area contributed by atoms with Crippen molar-refractivity contribution in [2.45, 2.75) is 25.3 Å². The molecule has 0 amide bonds. The van der Waals surface area contributed by atoms with Crippen molar-refractivity contribution in [2.75, 3.05) is 46.3 Å². The largest absolute Gasteiger partial charge is 0.305 e. The standard InChI is InChI=1S/C11H22N3/c1-13-6-3-7-14(9-8-13)11-4-2-5-12-10-11/h11H,2-10H2,1H3. The second-order valence-corrected chi connectivity index (χ2v) is 4.62. The maximum absolute atomic E-state index is 4.53. The Bertz CT molecular complexity index is 166. The van der Waals surface area contributed by atoms with E-state index in [1.807, 2.05) is 0 Å². The predicted octanol–water partition coefficient (Wildman–Crippen LogP) is 0.391. The maximum atomic E-state index is 4.53. The monoisotopic (exact) mass is 196 g/mol. The zero-order valence-corrected chi connectivity index (χ0v) is 9.28. The van der Waals surface area contributed by atoms with E-state index in [1.165, 1.54) is 45.4 Å². The molecule has 1 atom stereocenters. The van der Waals surface area contributed by atoms with Crippen molar-refractivity contribution >= 4 is 0 Å². The highest BCUT2D eigenvalue weighted by Gasteiger charge is 2.22. The molecule has 1 radical (unpaired) electrons. The fraction of sp³-hybridized carbons (Fsp3) is 1.00. The van der Waals surface area contributed by atoms with Crippen LogP contribution in [0.3, 0.4) is 0 Å². The zero-order valence-electron chi connectivity index (χ0n) is 9.28. The highest BCUT2D eigenvalue weighted by molar-refractivity contribution is 4.80. The normalized spacial score (nSPS) is 32.8. The lowest BCUT2D eigenvalue weighted by molar-refractivity contribution is 0.170. The highest BCUT2D eigenvalue weighted by Crippen LogP contribution is 2.13. The van der Waals surface area contributed by atoms with Crippen LogP contribution in [0.1, 0.15) is 19.3 Å². The lowest BCUT2D eigenvalue weighted by atomic mass is 10.1. The molecule has 3 heteroatoms. The first kappa shape index (κ1) is 10.4. The first-order valence-corrected chi connectivity index (χ1v) is 5.92. The molecule has 0 saturated carbocycles. The van der Waals surface area contributed by atoms with Gasteiger partial charge in [-0.25, -0.2) is 5.32 Å². The Hall–Kier alpha value is -0.120. The van der Waals surface area contributed by atoms with Gasteiger partial charge in [0.15, 0.2) is 0 Å². The Balaban J connectivity index is 1.83. The lowest BCUT2D eigenvalue weighted by Gasteiger charge is -2.33. The first-order chi connectivity index (χ1) is 6.86. The fourth-order valence-corrected chi connectivity index (χ4v) is 2.50. The molecule has 2 fully saturated rings. The van der Waals surface area contributed by atoms with Crippen LogP contribution in [0.4, 0.5) is 0 Å². The molecule has 2 aliphatic heterocycles. The van der Waals surface area contributed by atoms with E-state index in [0.717, 1.165) is 19.1 Å². The van der Waals surface area contributed by atoms with E-state index in [4.69, 9.17) is 0 Å².